The quantitative estimate of drug-likeness (QED) is 0.454. The van der Waals surface area contributed by atoms with Crippen molar-refractivity contribution < 1.29 is 60.5 Å². The van der Waals surface area contributed by atoms with E-state index < -0.39 is 0 Å². The molecule has 0 heterocycles. The molecule has 1 nitrogen and oxygen atoms in total. The molecule has 0 rings (SSSR count). The van der Waals surface area contributed by atoms with Gasteiger partial charge < -0.3 is 5.48 Å². The fourth-order valence-corrected chi connectivity index (χ4v) is 0. The molecule has 6 heteroatoms. The third kappa shape index (κ3) is 27.8. The molecule has 0 saturated carbocycles. The van der Waals surface area contributed by atoms with E-state index in [2.05, 4.69) is 0 Å². The van der Waals surface area contributed by atoms with Gasteiger partial charge in [-0.25, -0.2) is 0 Å². The van der Waals surface area contributed by atoms with E-state index >= 15 is 0 Å². The standard InChI is InChI=1S/Co.Li.Mg.Ni.H2O.Ti.2H/h;;;;1H2;;;/q;;+1;;;;;/p-1. The van der Waals surface area contributed by atoms with Gasteiger partial charge in [0.05, 0.1) is 0 Å². The van der Waals surface area contributed by atoms with Gasteiger partial charge in [-0.1, -0.05) is 0 Å². The van der Waals surface area contributed by atoms with Crippen molar-refractivity contribution in [2.24, 2.45) is 0 Å². The second-order valence-corrected chi connectivity index (χ2v) is 0. The van der Waals surface area contributed by atoms with Crippen molar-refractivity contribution in [2.45, 2.75) is 0 Å². The molecular weight excluding hydrogens is 213 g/mol. The first-order valence-electron chi connectivity index (χ1n) is 0. The number of hydrogen-bond donors (Lipinski definition) is 0. The van der Waals surface area contributed by atoms with Crippen molar-refractivity contribution in [1.29, 1.82) is 0 Å². The maximum Gasteiger partial charge on any atom is 0 e. The Bertz CT molecular complexity index is 15.5. The molecule has 1 radical (unpaired) electrons. The molecule has 0 aromatic rings. The minimum atomic E-state index is 0. The van der Waals surface area contributed by atoms with E-state index in [0.717, 1.165) is 0 Å². The fraction of sp³-hybridized carbons (Fsp3) is 0. The van der Waals surface area contributed by atoms with Crippen LogP contribution in [-0.2, 0) is 55.0 Å². The summed E-state index contributed by atoms with van der Waals surface area (Å²) in [5.74, 6) is 0. The zero-order chi connectivity index (χ0) is 0. The summed E-state index contributed by atoms with van der Waals surface area (Å²) < 4.78 is 0. The van der Waals surface area contributed by atoms with Gasteiger partial charge in [-0.2, -0.15) is 0 Å². The van der Waals surface area contributed by atoms with Crippen molar-refractivity contribution in [3.63, 3.8) is 0 Å². The van der Waals surface area contributed by atoms with Crippen molar-refractivity contribution in [2.75, 3.05) is 0 Å². The van der Waals surface area contributed by atoms with Crippen LogP contribution in [0.3, 0.4) is 0 Å². The van der Waals surface area contributed by atoms with E-state index in [1.807, 2.05) is 0 Å². The average Bonchev–Trinajstić information content (AvgIpc) is 0. The minimum Gasteiger partial charge on any atom is -0.870 e. The Balaban J connectivity index is 0. The molecule has 35 valence electrons. The topological polar surface area (TPSA) is 30.0 Å². The molecule has 0 bridgehead atoms. The number of hydrogen-bond acceptors (Lipinski definition) is 1. The van der Waals surface area contributed by atoms with Crippen LogP contribution in [0, 0.1) is 0 Å². The molecule has 0 aliphatic heterocycles. The Morgan fingerprint density at radius 2 is 1.00 bits per heavy atom. The first kappa shape index (κ1) is 63.3. The summed E-state index contributed by atoms with van der Waals surface area (Å²) in [6.45, 7) is 0. The first-order chi connectivity index (χ1) is 0. The van der Waals surface area contributed by atoms with Gasteiger partial charge in [0.15, 0.2) is 0 Å². The van der Waals surface area contributed by atoms with Crippen molar-refractivity contribution in [3.8, 4) is 0 Å². The van der Waals surface area contributed by atoms with Crippen LogP contribution >= 0.6 is 0 Å². The van der Waals surface area contributed by atoms with Crippen LogP contribution in [-0.4, -0.2) is 47.4 Å². The van der Waals surface area contributed by atoms with Crippen LogP contribution in [0.15, 0.2) is 0 Å². The van der Waals surface area contributed by atoms with Gasteiger partial charge in [-0.3, -0.25) is 0 Å². The second kappa shape index (κ2) is 43.1. The molecule has 0 aliphatic rings. The summed E-state index contributed by atoms with van der Waals surface area (Å²) in [5.41, 5.74) is 0. The maximum atomic E-state index is 0. The van der Waals surface area contributed by atoms with Crippen molar-refractivity contribution in [1.82, 2.24) is 0 Å². The van der Waals surface area contributed by atoms with E-state index in [1.54, 1.807) is 0 Å². The van der Waals surface area contributed by atoms with Gasteiger partial charge in [0.2, 0.25) is 0 Å². The Kier molecular flexibility index (Phi) is 455. The van der Waals surface area contributed by atoms with Gasteiger partial charge in [0.1, 0.15) is 0 Å². The van der Waals surface area contributed by atoms with Crippen LogP contribution < -0.4 is 0 Å². The monoisotopic (exact) mass is 215 g/mol. The maximum absolute atomic E-state index is 0. The fourth-order valence-electron chi connectivity index (χ4n) is 0. The van der Waals surface area contributed by atoms with Crippen LogP contribution in [0.4, 0.5) is 0 Å². The molecule has 0 aromatic carbocycles. The second-order valence-electron chi connectivity index (χ2n) is 0. The predicted octanol–water partition coefficient (Wildman–Crippen LogP) is -1.48. The Hall–Kier alpha value is 3.04. The van der Waals surface area contributed by atoms with E-state index in [-0.39, 0.29) is 102 Å². The Labute approximate surface area is 101 Å². The van der Waals surface area contributed by atoms with Crippen LogP contribution in [0.5, 0.6) is 0 Å². The average molecular weight is 216 g/mol. The third-order valence-corrected chi connectivity index (χ3v) is 0. The Morgan fingerprint density at radius 3 is 1.00 bits per heavy atom. The molecular formula is H3CoLiMgNiOTi. The predicted molar refractivity (Wildman–Crippen MR) is 16.2 cm³/mol. The molecule has 6 heavy (non-hydrogen) atoms. The van der Waals surface area contributed by atoms with Crippen molar-refractivity contribution in [3.05, 3.63) is 0 Å². The van der Waals surface area contributed by atoms with Crippen LogP contribution in [0.25, 0.3) is 0 Å². The van der Waals surface area contributed by atoms with Gasteiger partial charge in [0.25, 0.3) is 0 Å². The molecule has 0 aliphatic carbocycles. The molecule has 0 amide bonds. The molecule has 0 atom stereocenters. The van der Waals surface area contributed by atoms with Gasteiger partial charge in [-0.05, 0) is 0 Å². The zero-order valence-electron chi connectivity index (χ0n) is 2.60. The van der Waals surface area contributed by atoms with Gasteiger partial charge >= 0.3 is 41.9 Å². The van der Waals surface area contributed by atoms with Crippen LogP contribution in [0.1, 0.15) is 0 Å². The van der Waals surface area contributed by atoms with E-state index in [9.17, 15) is 0 Å². The largest absolute Gasteiger partial charge is 0.870 e. The normalized spacial score (nSPS) is 0. The Morgan fingerprint density at radius 1 is 1.00 bits per heavy atom. The third-order valence-electron chi connectivity index (χ3n) is 0. The molecule has 0 aromatic heterocycles. The SMILES string of the molecule is [Co].[LiH].[MgH+].[Ni].[OH-].[Ti]. The number of rotatable bonds is 0. The summed E-state index contributed by atoms with van der Waals surface area (Å²) in [7, 11) is 0. The summed E-state index contributed by atoms with van der Waals surface area (Å²) in [4.78, 5) is 0. The molecule has 0 spiro atoms. The molecule has 0 fully saturated rings. The van der Waals surface area contributed by atoms with Crippen molar-refractivity contribution >= 4 is 41.9 Å². The first-order valence-corrected chi connectivity index (χ1v) is 0. The molecule has 1 N–H and O–H groups in total. The van der Waals surface area contributed by atoms with E-state index in [0.29, 0.717) is 0 Å². The zero-order valence-corrected chi connectivity index (χ0v) is 8.19. The van der Waals surface area contributed by atoms with E-state index in [4.69, 9.17) is 0 Å². The van der Waals surface area contributed by atoms with E-state index in [1.165, 1.54) is 0 Å². The minimum absolute atomic E-state index is 0. The summed E-state index contributed by atoms with van der Waals surface area (Å²) in [5, 5.41) is 0. The van der Waals surface area contributed by atoms with Gasteiger partial charge in [-0.15, -0.1) is 0 Å². The summed E-state index contributed by atoms with van der Waals surface area (Å²) in [6, 6.07) is 0. The summed E-state index contributed by atoms with van der Waals surface area (Å²) >= 11 is 0. The molecule has 0 saturated heterocycles. The molecule has 0 unspecified atom stereocenters. The van der Waals surface area contributed by atoms with Crippen LogP contribution in [0.2, 0.25) is 0 Å². The summed E-state index contributed by atoms with van der Waals surface area (Å²) in [6.07, 6.45) is 0. The van der Waals surface area contributed by atoms with Gasteiger partial charge in [0, 0.05) is 55.0 Å². The smallest absolute Gasteiger partial charge is 0 e.